The molecule has 3 unspecified atom stereocenters. The molecule has 8 heteroatoms. The number of ether oxygens (including phenoxy) is 8. The van der Waals surface area contributed by atoms with Crippen LogP contribution < -0.4 is 4.74 Å². The van der Waals surface area contributed by atoms with Crippen LogP contribution in [0.25, 0.3) is 0 Å². The number of aryl methyl sites for hydroxylation is 1. The molecule has 0 N–H and O–H groups in total. The predicted molar refractivity (Wildman–Crippen MR) is 102 cm³/mol. The molecule has 0 bridgehead atoms. The van der Waals surface area contributed by atoms with Gasteiger partial charge in [0.2, 0.25) is 0 Å². The van der Waals surface area contributed by atoms with E-state index in [-0.39, 0.29) is 31.9 Å². The van der Waals surface area contributed by atoms with Gasteiger partial charge in [-0.15, -0.1) is 0 Å². The summed E-state index contributed by atoms with van der Waals surface area (Å²) in [4.78, 5) is 0. The zero-order valence-electron chi connectivity index (χ0n) is 17.0. The number of hydrogen-bond acceptors (Lipinski definition) is 8. The molecule has 0 aromatic heterocycles. The number of rotatable bonds is 17. The van der Waals surface area contributed by atoms with E-state index in [9.17, 15) is 0 Å². The van der Waals surface area contributed by atoms with Crippen molar-refractivity contribution in [2.24, 2.45) is 0 Å². The van der Waals surface area contributed by atoms with Gasteiger partial charge in [0.15, 0.2) is 0 Å². The van der Waals surface area contributed by atoms with Gasteiger partial charge in [-0.1, -0.05) is 17.7 Å². The summed E-state index contributed by atoms with van der Waals surface area (Å²) in [5.41, 5.74) is 1.18. The van der Waals surface area contributed by atoms with Gasteiger partial charge in [-0.05, 0) is 19.1 Å². The molecule has 1 aromatic rings. The van der Waals surface area contributed by atoms with Crippen LogP contribution in [0, 0.1) is 6.92 Å². The molecular weight excluding hydrogens is 368 g/mol. The lowest BCUT2D eigenvalue weighted by atomic mass is 10.2. The second kappa shape index (κ2) is 13.8. The van der Waals surface area contributed by atoms with Crippen molar-refractivity contribution in [1.82, 2.24) is 0 Å². The SMILES string of the molecule is COCOC(COCC(COc1ccc(C)cc1)OCOC)COCC1CO1. The highest BCUT2D eigenvalue weighted by Crippen LogP contribution is 2.12. The summed E-state index contributed by atoms with van der Waals surface area (Å²) in [6.07, 6.45) is -0.292. The van der Waals surface area contributed by atoms with Gasteiger partial charge < -0.3 is 37.9 Å². The zero-order valence-corrected chi connectivity index (χ0v) is 17.0. The average molecular weight is 400 g/mol. The van der Waals surface area contributed by atoms with E-state index in [0.717, 1.165) is 12.4 Å². The van der Waals surface area contributed by atoms with E-state index in [1.165, 1.54) is 5.56 Å². The second-order valence-electron chi connectivity index (χ2n) is 6.54. The van der Waals surface area contributed by atoms with Gasteiger partial charge in [0.05, 0.1) is 33.0 Å². The van der Waals surface area contributed by atoms with Crippen LogP contribution in [0.2, 0.25) is 0 Å². The van der Waals surface area contributed by atoms with Gasteiger partial charge in [0.1, 0.15) is 44.3 Å². The first-order valence-electron chi connectivity index (χ1n) is 9.39. The monoisotopic (exact) mass is 400 g/mol. The highest BCUT2D eigenvalue weighted by atomic mass is 16.7. The fourth-order valence-corrected chi connectivity index (χ4v) is 2.27. The Labute approximate surface area is 166 Å². The van der Waals surface area contributed by atoms with Gasteiger partial charge in [0.25, 0.3) is 0 Å². The topological polar surface area (TPSA) is 77.1 Å². The average Bonchev–Trinajstić information content (AvgIpc) is 3.53. The van der Waals surface area contributed by atoms with Crippen LogP contribution >= 0.6 is 0 Å². The summed E-state index contributed by atoms with van der Waals surface area (Å²) < 4.78 is 43.5. The number of benzene rings is 1. The third-order valence-corrected chi connectivity index (χ3v) is 3.92. The first-order valence-corrected chi connectivity index (χ1v) is 9.39. The van der Waals surface area contributed by atoms with Gasteiger partial charge in [0, 0.05) is 14.2 Å². The normalized spacial score (nSPS) is 18.0. The first-order chi connectivity index (χ1) is 13.7. The summed E-state index contributed by atoms with van der Waals surface area (Å²) in [7, 11) is 3.15. The minimum Gasteiger partial charge on any atom is -0.491 e. The molecule has 1 aliphatic rings. The number of methoxy groups -OCH3 is 2. The van der Waals surface area contributed by atoms with Crippen molar-refractivity contribution < 1.29 is 37.9 Å². The van der Waals surface area contributed by atoms with E-state index in [1.54, 1.807) is 14.2 Å². The Morgan fingerprint density at radius 1 is 0.893 bits per heavy atom. The van der Waals surface area contributed by atoms with Gasteiger partial charge in [-0.3, -0.25) is 0 Å². The Kier molecular flexibility index (Phi) is 11.4. The standard InChI is InChI=1S/C20H32O8/c1-16-4-6-17(7-5-16)25-13-20(28-15-22-3)11-24-9-18(27-14-21-2)8-23-10-19-12-26-19/h4-7,18-20H,8-15H2,1-3H3. The molecule has 2 rings (SSSR count). The van der Waals surface area contributed by atoms with E-state index >= 15 is 0 Å². The molecule has 1 saturated heterocycles. The molecule has 1 fully saturated rings. The fraction of sp³-hybridized carbons (Fsp3) is 0.700. The Morgan fingerprint density at radius 3 is 2.04 bits per heavy atom. The highest BCUT2D eigenvalue weighted by Gasteiger charge is 2.23. The van der Waals surface area contributed by atoms with Gasteiger partial charge >= 0.3 is 0 Å². The van der Waals surface area contributed by atoms with E-state index in [1.807, 2.05) is 31.2 Å². The summed E-state index contributed by atoms with van der Waals surface area (Å²) in [5.74, 6) is 0.786. The summed E-state index contributed by atoms with van der Waals surface area (Å²) in [5, 5.41) is 0. The van der Waals surface area contributed by atoms with Crippen molar-refractivity contribution in [3.8, 4) is 5.75 Å². The molecule has 0 saturated carbocycles. The van der Waals surface area contributed by atoms with Gasteiger partial charge in [-0.25, -0.2) is 0 Å². The molecule has 0 amide bonds. The zero-order chi connectivity index (χ0) is 20.0. The molecule has 3 atom stereocenters. The van der Waals surface area contributed by atoms with Crippen molar-refractivity contribution >= 4 is 0 Å². The summed E-state index contributed by atoms with van der Waals surface area (Å²) in [6.45, 7) is 5.16. The van der Waals surface area contributed by atoms with Crippen LogP contribution in [-0.4, -0.2) is 85.8 Å². The minimum absolute atomic E-state index is 0.166. The maximum absolute atomic E-state index is 5.79. The predicted octanol–water partition coefficient (Wildman–Crippen LogP) is 1.78. The van der Waals surface area contributed by atoms with Crippen molar-refractivity contribution in [2.75, 3.05) is 67.4 Å². The maximum Gasteiger partial charge on any atom is 0.147 e. The summed E-state index contributed by atoms with van der Waals surface area (Å²) >= 11 is 0. The number of hydrogen-bond donors (Lipinski definition) is 0. The van der Waals surface area contributed by atoms with Crippen LogP contribution in [0.5, 0.6) is 5.75 Å². The fourth-order valence-electron chi connectivity index (χ4n) is 2.27. The Morgan fingerprint density at radius 2 is 1.46 bits per heavy atom. The van der Waals surface area contributed by atoms with Crippen molar-refractivity contribution in [3.05, 3.63) is 29.8 Å². The molecule has 0 spiro atoms. The van der Waals surface area contributed by atoms with Crippen LogP contribution in [0.15, 0.2) is 24.3 Å². The van der Waals surface area contributed by atoms with Crippen LogP contribution in [0.3, 0.4) is 0 Å². The van der Waals surface area contributed by atoms with Crippen LogP contribution in [0.1, 0.15) is 5.56 Å². The molecule has 1 aromatic carbocycles. The number of epoxide rings is 1. The molecule has 28 heavy (non-hydrogen) atoms. The third kappa shape index (κ3) is 10.3. The minimum atomic E-state index is -0.273. The second-order valence-corrected chi connectivity index (χ2v) is 6.54. The molecule has 0 aliphatic carbocycles. The van der Waals surface area contributed by atoms with Crippen LogP contribution in [0.4, 0.5) is 0 Å². The highest BCUT2D eigenvalue weighted by molar-refractivity contribution is 5.26. The maximum atomic E-state index is 5.79. The lowest BCUT2D eigenvalue weighted by Crippen LogP contribution is -2.32. The first kappa shape index (κ1) is 23.0. The largest absolute Gasteiger partial charge is 0.491 e. The lowest BCUT2D eigenvalue weighted by molar-refractivity contribution is -0.141. The molecule has 1 heterocycles. The smallest absolute Gasteiger partial charge is 0.147 e. The van der Waals surface area contributed by atoms with E-state index in [0.29, 0.717) is 33.0 Å². The lowest BCUT2D eigenvalue weighted by Gasteiger charge is -2.21. The van der Waals surface area contributed by atoms with Crippen LogP contribution in [-0.2, 0) is 33.2 Å². The third-order valence-electron chi connectivity index (χ3n) is 3.92. The Hall–Kier alpha value is -1.26. The summed E-state index contributed by atoms with van der Waals surface area (Å²) in [6, 6.07) is 7.86. The molecule has 0 radical (unpaired) electrons. The van der Waals surface area contributed by atoms with Crippen molar-refractivity contribution in [1.29, 1.82) is 0 Å². The quantitative estimate of drug-likeness (QED) is 0.289. The van der Waals surface area contributed by atoms with E-state index < -0.39 is 0 Å². The molecular formula is C20H32O8. The van der Waals surface area contributed by atoms with Crippen molar-refractivity contribution in [3.63, 3.8) is 0 Å². The Balaban J connectivity index is 1.70. The molecule has 160 valence electrons. The van der Waals surface area contributed by atoms with Gasteiger partial charge in [-0.2, -0.15) is 0 Å². The molecule has 8 nitrogen and oxygen atoms in total. The van der Waals surface area contributed by atoms with E-state index in [4.69, 9.17) is 37.9 Å². The van der Waals surface area contributed by atoms with Crippen molar-refractivity contribution in [2.45, 2.75) is 25.2 Å². The Bertz CT molecular complexity index is 505. The molecule has 1 aliphatic heterocycles. The van der Waals surface area contributed by atoms with E-state index in [2.05, 4.69) is 0 Å².